The first-order valence-corrected chi connectivity index (χ1v) is 12.1. The van der Waals surface area contributed by atoms with E-state index in [1.165, 1.54) is 7.11 Å². The lowest BCUT2D eigenvalue weighted by atomic mass is 10.2. The summed E-state index contributed by atoms with van der Waals surface area (Å²) in [5.41, 5.74) is 2.93. The van der Waals surface area contributed by atoms with Crippen LogP contribution < -0.4 is 10.4 Å². The Morgan fingerprint density at radius 2 is 2.00 bits per heavy atom. The van der Waals surface area contributed by atoms with Crippen LogP contribution in [-0.4, -0.2) is 28.0 Å². The molecule has 3 aromatic rings. The van der Waals surface area contributed by atoms with Crippen molar-refractivity contribution in [3.05, 3.63) is 52.7 Å². The van der Waals surface area contributed by atoms with E-state index in [4.69, 9.17) is 4.52 Å². The fourth-order valence-electron chi connectivity index (χ4n) is 2.94. The van der Waals surface area contributed by atoms with Crippen LogP contribution in [0.15, 0.2) is 36.7 Å². The Balaban J connectivity index is 0.00000155. The number of aryl methyl sites for hydroxylation is 3. The van der Waals surface area contributed by atoms with Crippen molar-refractivity contribution in [2.75, 3.05) is 12.2 Å². The number of hydrogen-bond acceptors (Lipinski definition) is 5. The molecule has 1 atom stereocenters. The Labute approximate surface area is 181 Å². The van der Waals surface area contributed by atoms with E-state index in [0.29, 0.717) is 11.8 Å². The molecule has 2 N–H and O–H groups in total. The molecule has 0 aliphatic rings. The van der Waals surface area contributed by atoms with Crippen LogP contribution in [0.5, 0.6) is 0 Å². The molecule has 162 valence electrons. The summed E-state index contributed by atoms with van der Waals surface area (Å²) in [4.78, 5) is 12.6. The first-order valence-electron chi connectivity index (χ1n) is 9.69. The van der Waals surface area contributed by atoms with Gasteiger partial charge in [0.15, 0.2) is 0 Å². The zero-order valence-electron chi connectivity index (χ0n) is 18.1. The Hall–Kier alpha value is -2.41. The topological polar surface area (TPSA) is 93.5 Å². The van der Waals surface area contributed by atoms with Crippen molar-refractivity contribution >= 4 is 35.8 Å². The van der Waals surface area contributed by atoms with Crippen molar-refractivity contribution in [3.8, 4) is 10.4 Å². The predicted octanol–water partition coefficient (Wildman–Crippen LogP) is 5.55. The monoisotopic (exact) mass is 449 g/mol. The molecule has 0 fully saturated rings. The van der Waals surface area contributed by atoms with Gasteiger partial charge < -0.3 is 14.7 Å². The van der Waals surface area contributed by atoms with Crippen LogP contribution >= 0.6 is 18.9 Å². The van der Waals surface area contributed by atoms with Crippen LogP contribution in [0.2, 0.25) is 0 Å². The van der Waals surface area contributed by atoms with E-state index in [-0.39, 0.29) is 10.6 Å². The van der Waals surface area contributed by atoms with Gasteiger partial charge in [-0.25, -0.2) is 4.79 Å². The summed E-state index contributed by atoms with van der Waals surface area (Å²) in [5.74, 6) is -1.09. The number of carboxylic acids is 1. The van der Waals surface area contributed by atoms with Crippen molar-refractivity contribution in [2.24, 2.45) is 0 Å². The zero-order valence-corrected chi connectivity index (χ0v) is 19.8. The van der Waals surface area contributed by atoms with Gasteiger partial charge in [-0.3, -0.25) is 9.25 Å². The highest BCUT2D eigenvalue weighted by molar-refractivity contribution is 7.68. The highest BCUT2D eigenvalue weighted by Crippen LogP contribution is 2.48. The van der Waals surface area contributed by atoms with E-state index in [0.717, 1.165) is 32.9 Å². The summed E-state index contributed by atoms with van der Waals surface area (Å²) in [6.45, 7) is 10.5. The molecule has 1 aromatic carbocycles. The first kappa shape index (κ1) is 23.9. The maximum Gasteiger partial charge on any atom is 0.348 e. The second-order valence-electron chi connectivity index (χ2n) is 6.38. The van der Waals surface area contributed by atoms with E-state index in [2.05, 4.69) is 10.2 Å². The third-order valence-corrected chi connectivity index (χ3v) is 7.72. The zero-order chi connectivity index (χ0) is 22.5. The normalized spacial score (nSPS) is 12.6. The lowest BCUT2D eigenvalue weighted by molar-refractivity contribution is 0.0703. The maximum atomic E-state index is 13.5. The standard InChI is InChI=1S/C19H22N3O4PS.C2H6/c1-5-22-11-14(10-20-22)17-9-15(18(28-17)19(23)24)21-27(25,26-4)16-7-6-12(2)8-13(16)3;1-2/h6-11H,5H2,1-4H3,(H,21,25)(H,23,24);1-2H3. The van der Waals surface area contributed by atoms with Crippen molar-refractivity contribution in [1.29, 1.82) is 0 Å². The number of nitrogens with zero attached hydrogens (tertiary/aromatic N) is 2. The molecule has 0 aliphatic heterocycles. The first-order chi connectivity index (χ1) is 14.3. The molecule has 0 spiro atoms. The van der Waals surface area contributed by atoms with Crippen LogP contribution in [0, 0.1) is 13.8 Å². The quantitative estimate of drug-likeness (QED) is 0.460. The molecule has 0 amide bonds. The Bertz CT molecular complexity index is 1070. The third-order valence-electron chi connectivity index (χ3n) is 4.36. The van der Waals surface area contributed by atoms with Crippen molar-refractivity contribution in [3.63, 3.8) is 0 Å². The van der Waals surface area contributed by atoms with Crippen LogP contribution in [0.25, 0.3) is 10.4 Å². The number of nitrogens with one attached hydrogen (secondary N) is 1. The Morgan fingerprint density at radius 1 is 1.30 bits per heavy atom. The molecule has 7 nitrogen and oxygen atoms in total. The summed E-state index contributed by atoms with van der Waals surface area (Å²) in [6.07, 6.45) is 3.53. The molecule has 0 saturated heterocycles. The van der Waals surface area contributed by atoms with Crippen LogP contribution in [-0.2, 0) is 15.6 Å². The summed E-state index contributed by atoms with van der Waals surface area (Å²) >= 11 is 1.11. The lowest BCUT2D eigenvalue weighted by Gasteiger charge is -2.20. The minimum atomic E-state index is -3.50. The second kappa shape index (κ2) is 10.1. The number of carbonyl (C=O) groups is 1. The molecule has 3 rings (SSSR count). The van der Waals surface area contributed by atoms with Gasteiger partial charge in [0, 0.05) is 30.3 Å². The smallest absolute Gasteiger partial charge is 0.348 e. The minimum Gasteiger partial charge on any atom is -0.477 e. The van der Waals surface area contributed by atoms with Gasteiger partial charge in [0.1, 0.15) is 4.88 Å². The van der Waals surface area contributed by atoms with Crippen LogP contribution in [0.4, 0.5) is 5.69 Å². The maximum absolute atomic E-state index is 13.5. The molecule has 0 saturated carbocycles. The Kier molecular flexibility index (Phi) is 8.01. The van der Waals surface area contributed by atoms with Gasteiger partial charge in [-0.1, -0.05) is 31.5 Å². The number of hydrogen-bond donors (Lipinski definition) is 2. The molecule has 2 aromatic heterocycles. The number of benzene rings is 1. The van der Waals surface area contributed by atoms with E-state index < -0.39 is 13.5 Å². The summed E-state index contributed by atoms with van der Waals surface area (Å²) in [7, 11) is -2.15. The van der Waals surface area contributed by atoms with E-state index in [1.807, 2.05) is 52.9 Å². The summed E-state index contributed by atoms with van der Waals surface area (Å²) in [6, 6.07) is 7.20. The van der Waals surface area contributed by atoms with Crippen molar-refractivity contribution in [2.45, 2.75) is 41.2 Å². The van der Waals surface area contributed by atoms with E-state index in [9.17, 15) is 14.5 Å². The molecular formula is C21H28N3O4PS. The fourth-order valence-corrected chi connectivity index (χ4v) is 5.64. The van der Waals surface area contributed by atoms with Crippen molar-refractivity contribution in [1.82, 2.24) is 9.78 Å². The number of carboxylic acid groups (broad SMARTS) is 1. The van der Waals surface area contributed by atoms with Gasteiger partial charge >= 0.3 is 13.5 Å². The molecular weight excluding hydrogens is 421 g/mol. The van der Waals surface area contributed by atoms with Gasteiger partial charge in [-0.05, 0) is 38.5 Å². The largest absolute Gasteiger partial charge is 0.477 e. The summed E-state index contributed by atoms with van der Waals surface area (Å²) < 4.78 is 20.6. The molecule has 1 unspecified atom stereocenters. The average molecular weight is 450 g/mol. The fraction of sp³-hybridized carbons (Fsp3) is 0.333. The molecule has 0 aliphatic carbocycles. The number of aromatic nitrogens is 2. The molecule has 0 bridgehead atoms. The SMILES string of the molecule is CC.CCn1cc(-c2cc(NP(=O)(OC)c3ccc(C)cc3C)c(C(=O)O)s2)cn1. The average Bonchev–Trinajstić information content (AvgIpc) is 3.36. The third kappa shape index (κ3) is 5.01. The minimum absolute atomic E-state index is 0.0706. The highest BCUT2D eigenvalue weighted by Gasteiger charge is 2.30. The lowest BCUT2D eigenvalue weighted by Crippen LogP contribution is -2.17. The van der Waals surface area contributed by atoms with Crippen LogP contribution in [0.3, 0.4) is 0 Å². The van der Waals surface area contributed by atoms with Gasteiger partial charge in [-0.2, -0.15) is 5.10 Å². The number of anilines is 1. The highest BCUT2D eigenvalue weighted by atomic mass is 32.1. The van der Waals surface area contributed by atoms with Crippen LogP contribution in [0.1, 0.15) is 41.6 Å². The molecule has 30 heavy (non-hydrogen) atoms. The second-order valence-corrected chi connectivity index (χ2v) is 9.60. The van der Waals surface area contributed by atoms with Gasteiger partial charge in [0.05, 0.1) is 17.2 Å². The summed E-state index contributed by atoms with van der Waals surface area (Å²) in [5, 5.41) is 17.3. The number of aromatic carboxylic acids is 1. The molecule has 0 radical (unpaired) electrons. The Morgan fingerprint density at radius 3 is 2.53 bits per heavy atom. The molecule has 2 heterocycles. The van der Waals surface area contributed by atoms with Gasteiger partial charge in [0.2, 0.25) is 0 Å². The van der Waals surface area contributed by atoms with Gasteiger partial charge in [0.25, 0.3) is 0 Å². The van der Waals surface area contributed by atoms with E-state index in [1.54, 1.807) is 23.0 Å². The predicted molar refractivity (Wildman–Crippen MR) is 123 cm³/mol. The number of rotatable bonds is 7. The van der Waals surface area contributed by atoms with E-state index >= 15 is 0 Å². The number of thiophene rings is 1. The van der Waals surface area contributed by atoms with Crippen molar-refractivity contribution < 1.29 is 19.0 Å². The van der Waals surface area contributed by atoms with Gasteiger partial charge in [-0.15, -0.1) is 11.3 Å². The molecule has 9 heteroatoms.